The molecule has 0 aliphatic rings. The van der Waals surface area contributed by atoms with E-state index in [1.165, 1.54) is 0 Å². The summed E-state index contributed by atoms with van der Waals surface area (Å²) in [6.07, 6.45) is 4.45. The van der Waals surface area contributed by atoms with E-state index < -0.39 is 9.93 Å². The SMILES string of the molecule is CCC[SH](C)(=O)c1ccc(CN)nc1. The number of nitrogens with zero attached hydrogens (tertiary/aromatic N) is 1. The van der Waals surface area contributed by atoms with Crippen molar-refractivity contribution in [3.8, 4) is 0 Å². The smallest absolute Gasteiger partial charge is 0.0540 e. The van der Waals surface area contributed by atoms with Gasteiger partial charge in [-0.15, -0.1) is 0 Å². The van der Waals surface area contributed by atoms with Crippen LogP contribution in [0.2, 0.25) is 0 Å². The Hall–Kier alpha value is -0.740. The fourth-order valence-corrected chi connectivity index (χ4v) is 3.18. The summed E-state index contributed by atoms with van der Waals surface area (Å²) in [6.45, 7) is 2.47. The third-order valence-electron chi connectivity index (χ3n) is 2.21. The highest BCUT2D eigenvalue weighted by Crippen LogP contribution is 2.16. The molecule has 4 heteroatoms. The molecule has 0 aromatic carbocycles. The molecule has 2 N–H and O–H groups in total. The van der Waals surface area contributed by atoms with Crippen LogP contribution in [0.5, 0.6) is 0 Å². The summed E-state index contributed by atoms with van der Waals surface area (Å²) in [5.74, 6) is 0.747. The zero-order valence-electron chi connectivity index (χ0n) is 8.73. The van der Waals surface area contributed by atoms with E-state index in [2.05, 4.69) is 4.98 Å². The third-order valence-corrected chi connectivity index (χ3v) is 4.87. The highest BCUT2D eigenvalue weighted by Gasteiger charge is 2.10. The molecule has 0 unspecified atom stereocenters. The van der Waals surface area contributed by atoms with E-state index in [0.29, 0.717) is 6.54 Å². The predicted molar refractivity (Wildman–Crippen MR) is 61.0 cm³/mol. The van der Waals surface area contributed by atoms with Crippen LogP contribution in [-0.4, -0.2) is 21.2 Å². The van der Waals surface area contributed by atoms with Crippen LogP contribution in [0.3, 0.4) is 0 Å². The molecule has 0 spiro atoms. The lowest BCUT2D eigenvalue weighted by molar-refractivity contribution is 0.672. The Bertz CT molecular complexity index is 334. The first-order valence-electron chi connectivity index (χ1n) is 4.82. The molecule has 0 radical (unpaired) electrons. The van der Waals surface area contributed by atoms with E-state index in [-0.39, 0.29) is 0 Å². The number of thiol groups is 1. The molecule has 0 bridgehead atoms. The second-order valence-electron chi connectivity index (χ2n) is 3.54. The fraction of sp³-hybridized carbons (Fsp3) is 0.500. The molecule has 1 heterocycles. The lowest BCUT2D eigenvalue weighted by Gasteiger charge is -2.17. The molecule has 0 amide bonds. The maximum atomic E-state index is 12.1. The maximum absolute atomic E-state index is 12.1. The van der Waals surface area contributed by atoms with Crippen molar-refractivity contribution in [2.24, 2.45) is 5.73 Å². The third kappa shape index (κ3) is 2.62. The van der Waals surface area contributed by atoms with Crippen LogP contribution in [0.1, 0.15) is 19.0 Å². The second-order valence-corrected chi connectivity index (χ2v) is 6.70. The number of aromatic nitrogens is 1. The fourth-order valence-electron chi connectivity index (χ4n) is 1.37. The van der Waals surface area contributed by atoms with E-state index in [1.807, 2.05) is 25.3 Å². The average molecular weight is 214 g/mol. The Morgan fingerprint density at radius 2 is 2.21 bits per heavy atom. The monoisotopic (exact) mass is 214 g/mol. The number of hydrogen-bond donors (Lipinski definition) is 2. The van der Waals surface area contributed by atoms with Crippen LogP contribution in [-0.2, 0) is 16.5 Å². The van der Waals surface area contributed by atoms with Gasteiger partial charge in [-0.25, -0.2) is 0 Å². The summed E-state index contributed by atoms with van der Waals surface area (Å²) in [5.41, 5.74) is 6.27. The summed E-state index contributed by atoms with van der Waals surface area (Å²) in [5, 5.41) is 0. The highest BCUT2D eigenvalue weighted by molar-refractivity contribution is 8.02. The zero-order valence-corrected chi connectivity index (χ0v) is 9.63. The van der Waals surface area contributed by atoms with Crippen LogP contribution < -0.4 is 5.73 Å². The van der Waals surface area contributed by atoms with Gasteiger partial charge in [0.1, 0.15) is 0 Å². The summed E-state index contributed by atoms with van der Waals surface area (Å²) >= 11 is 0. The largest absolute Gasteiger partial charge is 0.325 e. The Kier molecular flexibility index (Phi) is 3.77. The summed E-state index contributed by atoms with van der Waals surface area (Å²) in [7, 11) is -2.18. The van der Waals surface area contributed by atoms with Crippen LogP contribution in [0.25, 0.3) is 0 Å². The van der Waals surface area contributed by atoms with Crippen molar-refractivity contribution < 1.29 is 4.21 Å². The van der Waals surface area contributed by atoms with E-state index in [4.69, 9.17) is 5.73 Å². The molecule has 0 aliphatic carbocycles. The maximum Gasteiger partial charge on any atom is 0.0540 e. The van der Waals surface area contributed by atoms with E-state index >= 15 is 0 Å². The topological polar surface area (TPSA) is 56.0 Å². The number of rotatable bonds is 4. The van der Waals surface area contributed by atoms with Gasteiger partial charge in [0.05, 0.1) is 5.69 Å². The molecular weight excluding hydrogens is 196 g/mol. The first-order valence-corrected chi connectivity index (χ1v) is 7.16. The Labute approximate surface area is 86.2 Å². The molecule has 1 aromatic rings. The van der Waals surface area contributed by atoms with Crippen molar-refractivity contribution in [3.63, 3.8) is 0 Å². The molecule has 0 aliphatic heterocycles. The van der Waals surface area contributed by atoms with Crippen molar-refractivity contribution in [2.75, 3.05) is 12.0 Å². The zero-order chi connectivity index (χ0) is 10.6. The van der Waals surface area contributed by atoms with E-state index in [1.54, 1.807) is 6.20 Å². The van der Waals surface area contributed by atoms with E-state index in [9.17, 15) is 4.21 Å². The predicted octanol–water partition coefficient (Wildman–Crippen LogP) is 0.956. The van der Waals surface area contributed by atoms with Gasteiger partial charge in [-0.05, 0) is 24.8 Å². The van der Waals surface area contributed by atoms with Gasteiger partial charge < -0.3 is 5.73 Å². The van der Waals surface area contributed by atoms with Crippen LogP contribution in [0.4, 0.5) is 0 Å². The van der Waals surface area contributed by atoms with Crippen molar-refractivity contribution in [1.82, 2.24) is 4.98 Å². The Morgan fingerprint density at radius 1 is 1.50 bits per heavy atom. The Morgan fingerprint density at radius 3 is 2.64 bits per heavy atom. The second kappa shape index (κ2) is 4.66. The van der Waals surface area contributed by atoms with Gasteiger partial charge in [0.2, 0.25) is 0 Å². The van der Waals surface area contributed by atoms with Gasteiger partial charge in [0.15, 0.2) is 0 Å². The summed E-state index contributed by atoms with van der Waals surface area (Å²) in [4.78, 5) is 5.01. The number of hydrogen-bond acceptors (Lipinski definition) is 3. The number of nitrogens with two attached hydrogens (primary N) is 1. The van der Waals surface area contributed by atoms with Gasteiger partial charge in [0.25, 0.3) is 0 Å². The highest BCUT2D eigenvalue weighted by atomic mass is 32.2. The number of pyridine rings is 1. The lowest BCUT2D eigenvalue weighted by Crippen LogP contribution is -2.15. The van der Waals surface area contributed by atoms with Gasteiger partial charge >= 0.3 is 0 Å². The quantitative estimate of drug-likeness (QED) is 0.734. The molecule has 0 atom stereocenters. The molecule has 0 saturated heterocycles. The van der Waals surface area contributed by atoms with Crippen molar-refractivity contribution in [2.45, 2.75) is 24.8 Å². The van der Waals surface area contributed by atoms with E-state index in [0.717, 1.165) is 22.8 Å². The van der Waals surface area contributed by atoms with Gasteiger partial charge in [0, 0.05) is 23.4 Å². The van der Waals surface area contributed by atoms with Gasteiger partial charge in [-0.3, -0.25) is 9.19 Å². The minimum absolute atomic E-state index is 0.433. The summed E-state index contributed by atoms with van der Waals surface area (Å²) < 4.78 is 12.1. The van der Waals surface area contributed by atoms with Crippen LogP contribution >= 0.6 is 0 Å². The minimum Gasteiger partial charge on any atom is -0.325 e. The standard InChI is InChI=1S/C10H18N2OS/c1-3-6-14(2,13)10-5-4-9(7-11)12-8-10/h4-5,8,14H,3,6-7,11H2,1-2H3. The lowest BCUT2D eigenvalue weighted by atomic mass is 10.4. The Balaban J connectivity index is 2.91. The molecule has 14 heavy (non-hydrogen) atoms. The van der Waals surface area contributed by atoms with Crippen molar-refractivity contribution in [3.05, 3.63) is 24.0 Å². The minimum atomic E-state index is -2.18. The summed E-state index contributed by atoms with van der Waals surface area (Å²) in [6, 6.07) is 3.73. The average Bonchev–Trinajstić information content (AvgIpc) is 2.18. The molecule has 1 rings (SSSR count). The van der Waals surface area contributed by atoms with Crippen LogP contribution in [0, 0.1) is 0 Å². The molecule has 0 saturated carbocycles. The van der Waals surface area contributed by atoms with Gasteiger partial charge in [-0.1, -0.05) is 16.9 Å². The molecular formula is C10H18N2OS. The van der Waals surface area contributed by atoms with Crippen molar-refractivity contribution in [1.29, 1.82) is 0 Å². The van der Waals surface area contributed by atoms with Crippen molar-refractivity contribution >= 4 is 9.93 Å². The first-order chi connectivity index (χ1) is 6.60. The molecule has 80 valence electrons. The first kappa shape index (κ1) is 11.3. The van der Waals surface area contributed by atoms with Crippen LogP contribution in [0.15, 0.2) is 23.2 Å². The van der Waals surface area contributed by atoms with Gasteiger partial charge in [-0.2, -0.15) is 0 Å². The normalized spacial score (nSPS) is 12.8. The molecule has 3 nitrogen and oxygen atoms in total. The molecule has 1 aromatic heterocycles. The molecule has 0 fully saturated rings.